The smallest absolute Gasteiger partial charge is 0.257 e. The summed E-state index contributed by atoms with van der Waals surface area (Å²) < 4.78 is 34.2. The summed E-state index contributed by atoms with van der Waals surface area (Å²) in [7, 11) is -3.19. The summed E-state index contributed by atoms with van der Waals surface area (Å²) in [6.07, 6.45) is 9.13. The molecule has 2 fully saturated rings. The molecule has 0 atom stereocenters. The van der Waals surface area contributed by atoms with Crippen LogP contribution in [0.15, 0.2) is 23.4 Å². The average molecular weight is 563 g/mol. The third-order valence-electron chi connectivity index (χ3n) is 6.80. The molecule has 206 valence electrons. The van der Waals surface area contributed by atoms with Crippen LogP contribution in [-0.4, -0.2) is 79.2 Å². The minimum absolute atomic E-state index is 0.0578. The minimum Gasteiger partial charge on any atom is -0.377 e. The number of piperidine rings is 1. The molecule has 1 saturated carbocycles. The molecule has 3 aromatic heterocycles. The molecular formula is C24H34N8O4S2. The normalized spacial score (nSPS) is 17.3. The van der Waals surface area contributed by atoms with Gasteiger partial charge >= 0.3 is 0 Å². The van der Waals surface area contributed by atoms with Gasteiger partial charge in [0.25, 0.3) is 5.56 Å². The number of hydrogen-bond acceptors (Lipinski definition) is 10. The summed E-state index contributed by atoms with van der Waals surface area (Å²) in [5.74, 6) is 2.64. The molecule has 2 aliphatic rings. The van der Waals surface area contributed by atoms with Crippen molar-refractivity contribution in [3.63, 3.8) is 0 Å². The molecule has 0 radical (unpaired) electrons. The molecule has 1 N–H and O–H groups in total. The van der Waals surface area contributed by atoms with Crippen LogP contribution in [-0.2, 0) is 27.9 Å². The van der Waals surface area contributed by atoms with Crippen molar-refractivity contribution in [2.24, 2.45) is 0 Å². The lowest BCUT2D eigenvalue weighted by molar-refractivity contribution is 0.133. The molecule has 1 aliphatic carbocycles. The van der Waals surface area contributed by atoms with Crippen LogP contribution < -0.4 is 10.9 Å². The van der Waals surface area contributed by atoms with E-state index < -0.39 is 10.0 Å². The number of hydrogen-bond donors (Lipinski definition) is 1. The number of fused-ring (bicyclic) bond motifs is 1. The highest BCUT2D eigenvalue weighted by Crippen LogP contribution is 2.37. The second-order valence-electron chi connectivity index (χ2n) is 9.78. The van der Waals surface area contributed by atoms with Crippen LogP contribution in [0, 0.1) is 0 Å². The largest absolute Gasteiger partial charge is 0.377 e. The lowest BCUT2D eigenvalue weighted by Crippen LogP contribution is -2.42. The third-order valence-corrected chi connectivity index (χ3v) is 9.02. The fraction of sp³-hybridized carbons (Fsp3) is 0.625. The standard InChI is InChI=1S/C24H34N8O4S2/c1-3-36-15-19-13-18-14-25-24(27-20-7-10-30(11-8-20)38(2,34)35)28-22(18)31(23(19)33)9-4-12-37-32-16-26-21(29-32)17-5-6-17/h13-14,16-17,20H,3-12,15H2,1-2H3,(H,25,27,28). The Labute approximate surface area is 226 Å². The Morgan fingerprint density at radius 3 is 2.68 bits per heavy atom. The van der Waals surface area contributed by atoms with Crippen molar-refractivity contribution >= 4 is 39.0 Å². The number of rotatable bonds is 12. The van der Waals surface area contributed by atoms with Gasteiger partial charge in [-0.05, 0) is 57.0 Å². The summed E-state index contributed by atoms with van der Waals surface area (Å²) in [6, 6.07) is 1.87. The van der Waals surface area contributed by atoms with Crippen LogP contribution in [0.2, 0.25) is 0 Å². The quantitative estimate of drug-likeness (QED) is 0.327. The Bertz CT molecular complexity index is 1430. The summed E-state index contributed by atoms with van der Waals surface area (Å²) in [4.78, 5) is 27.0. The number of pyridine rings is 1. The van der Waals surface area contributed by atoms with Gasteiger partial charge in [0.05, 0.1) is 12.9 Å². The summed E-state index contributed by atoms with van der Waals surface area (Å²) in [5.41, 5.74) is 1.04. The van der Waals surface area contributed by atoms with Crippen molar-refractivity contribution in [3.05, 3.63) is 40.3 Å². The van der Waals surface area contributed by atoms with Crippen molar-refractivity contribution in [1.82, 2.24) is 33.0 Å². The van der Waals surface area contributed by atoms with Gasteiger partial charge in [-0.15, -0.1) is 5.10 Å². The first-order valence-electron chi connectivity index (χ1n) is 13.1. The first-order chi connectivity index (χ1) is 18.3. The molecule has 3 aromatic rings. The zero-order valence-electron chi connectivity index (χ0n) is 21.7. The Morgan fingerprint density at radius 1 is 1.18 bits per heavy atom. The van der Waals surface area contributed by atoms with E-state index in [1.165, 1.54) is 23.4 Å². The molecule has 14 heteroatoms. The topological polar surface area (TPSA) is 137 Å². The van der Waals surface area contributed by atoms with Gasteiger partial charge < -0.3 is 10.1 Å². The van der Waals surface area contributed by atoms with Crippen molar-refractivity contribution in [2.75, 3.05) is 37.0 Å². The van der Waals surface area contributed by atoms with Gasteiger partial charge in [0, 0.05) is 61.1 Å². The first kappa shape index (κ1) is 27.0. The van der Waals surface area contributed by atoms with E-state index in [2.05, 4.69) is 20.4 Å². The van der Waals surface area contributed by atoms with Gasteiger partial charge in [0.2, 0.25) is 16.0 Å². The Morgan fingerprint density at radius 2 is 1.97 bits per heavy atom. The number of nitrogens with zero attached hydrogens (tertiary/aromatic N) is 7. The predicted molar refractivity (Wildman–Crippen MR) is 147 cm³/mol. The summed E-state index contributed by atoms with van der Waals surface area (Å²) in [6.45, 7) is 4.07. The maximum atomic E-state index is 13.4. The van der Waals surface area contributed by atoms with Gasteiger partial charge in [0.15, 0.2) is 5.82 Å². The van der Waals surface area contributed by atoms with Crippen LogP contribution >= 0.6 is 11.9 Å². The van der Waals surface area contributed by atoms with E-state index in [9.17, 15) is 13.2 Å². The van der Waals surface area contributed by atoms with Crippen LogP contribution in [0.25, 0.3) is 11.0 Å². The third kappa shape index (κ3) is 6.53. The van der Waals surface area contributed by atoms with Crippen LogP contribution in [0.4, 0.5) is 5.95 Å². The van der Waals surface area contributed by atoms with E-state index in [4.69, 9.17) is 9.72 Å². The van der Waals surface area contributed by atoms with E-state index in [0.29, 0.717) is 62.2 Å². The number of anilines is 1. The van der Waals surface area contributed by atoms with E-state index in [1.807, 2.05) is 13.0 Å². The molecule has 0 spiro atoms. The van der Waals surface area contributed by atoms with Gasteiger partial charge in [-0.2, -0.15) is 9.07 Å². The maximum Gasteiger partial charge on any atom is 0.257 e. The maximum absolute atomic E-state index is 13.4. The lowest BCUT2D eigenvalue weighted by atomic mass is 10.1. The lowest BCUT2D eigenvalue weighted by Gasteiger charge is -2.30. The minimum atomic E-state index is -3.19. The van der Waals surface area contributed by atoms with Gasteiger partial charge in [-0.1, -0.05) is 0 Å². The van der Waals surface area contributed by atoms with E-state index in [-0.39, 0.29) is 18.2 Å². The molecule has 12 nitrogen and oxygen atoms in total. The van der Waals surface area contributed by atoms with Crippen LogP contribution in [0.5, 0.6) is 0 Å². The Hall–Kier alpha value is -2.55. The monoisotopic (exact) mass is 562 g/mol. The van der Waals surface area contributed by atoms with Crippen molar-refractivity contribution in [3.8, 4) is 0 Å². The molecule has 4 heterocycles. The van der Waals surface area contributed by atoms with Crippen molar-refractivity contribution in [2.45, 2.75) is 64.1 Å². The molecule has 0 amide bonds. The number of ether oxygens (including phenoxy) is 1. The summed E-state index contributed by atoms with van der Waals surface area (Å²) in [5, 5.41) is 8.65. The van der Waals surface area contributed by atoms with Gasteiger partial charge in [-0.25, -0.2) is 22.7 Å². The number of aryl methyl sites for hydroxylation is 1. The molecule has 5 rings (SSSR count). The Balaban J connectivity index is 1.30. The van der Waals surface area contributed by atoms with Gasteiger partial charge in [0.1, 0.15) is 12.0 Å². The summed E-state index contributed by atoms with van der Waals surface area (Å²) >= 11 is 1.57. The number of aromatic nitrogens is 6. The fourth-order valence-electron chi connectivity index (χ4n) is 4.56. The van der Waals surface area contributed by atoms with Crippen molar-refractivity contribution < 1.29 is 13.2 Å². The molecule has 0 unspecified atom stereocenters. The first-order valence-corrected chi connectivity index (χ1v) is 15.8. The second-order valence-corrected chi connectivity index (χ2v) is 12.8. The second kappa shape index (κ2) is 11.7. The molecule has 0 aromatic carbocycles. The van der Waals surface area contributed by atoms with E-state index in [0.717, 1.165) is 23.4 Å². The molecule has 1 aliphatic heterocycles. The van der Waals surface area contributed by atoms with Crippen LogP contribution in [0.1, 0.15) is 56.3 Å². The molecule has 0 bridgehead atoms. The van der Waals surface area contributed by atoms with Crippen LogP contribution in [0.3, 0.4) is 0 Å². The fourth-order valence-corrected chi connectivity index (χ4v) is 6.13. The number of sulfonamides is 1. The average Bonchev–Trinajstić information content (AvgIpc) is 3.64. The molecular weight excluding hydrogens is 528 g/mol. The van der Waals surface area contributed by atoms with E-state index >= 15 is 0 Å². The Kier molecular flexibility index (Phi) is 8.31. The highest BCUT2D eigenvalue weighted by molar-refractivity contribution is 7.97. The van der Waals surface area contributed by atoms with E-state index in [1.54, 1.807) is 33.1 Å². The SMILES string of the molecule is CCOCc1cc2cnc(NC3CCN(S(C)(=O)=O)CC3)nc2n(CCCSn2cnc(C3CC3)n2)c1=O. The highest BCUT2D eigenvalue weighted by atomic mass is 32.2. The number of nitrogens with one attached hydrogen (secondary N) is 1. The highest BCUT2D eigenvalue weighted by Gasteiger charge is 2.27. The zero-order chi connectivity index (χ0) is 26.7. The molecule has 38 heavy (non-hydrogen) atoms. The predicted octanol–water partition coefficient (Wildman–Crippen LogP) is 2.22. The molecule has 1 saturated heterocycles. The zero-order valence-corrected chi connectivity index (χ0v) is 23.4. The van der Waals surface area contributed by atoms with Crippen molar-refractivity contribution in [1.29, 1.82) is 0 Å². The van der Waals surface area contributed by atoms with Gasteiger partial charge in [-0.3, -0.25) is 9.36 Å².